The SMILES string of the molecule is CC(=O)O.COc1cccc(CCOCc2cccc(CCNC[C@H](O)c3ccc(O)c(CO)c3)c2)c1. The molecule has 5 N–H and O–H groups in total. The molecular weight excluding hydrogens is 474 g/mol. The van der Waals surface area contributed by atoms with Gasteiger partial charge in [0.05, 0.1) is 33.0 Å². The normalized spacial score (nSPS) is 11.4. The van der Waals surface area contributed by atoms with Crippen molar-refractivity contribution in [1.82, 2.24) is 5.32 Å². The number of rotatable bonds is 13. The van der Waals surface area contributed by atoms with Crippen LogP contribution in [0.4, 0.5) is 0 Å². The fourth-order valence-electron chi connectivity index (χ4n) is 3.61. The van der Waals surface area contributed by atoms with Gasteiger partial charge in [0.1, 0.15) is 11.5 Å². The molecule has 8 nitrogen and oxygen atoms in total. The third-order valence-corrected chi connectivity index (χ3v) is 5.52. The van der Waals surface area contributed by atoms with E-state index >= 15 is 0 Å². The van der Waals surface area contributed by atoms with Crippen molar-refractivity contribution in [2.24, 2.45) is 0 Å². The number of nitrogens with one attached hydrogen (secondary N) is 1. The molecule has 0 amide bonds. The van der Waals surface area contributed by atoms with E-state index in [-0.39, 0.29) is 12.4 Å². The maximum atomic E-state index is 10.4. The first kappa shape index (κ1) is 29.8. The predicted octanol–water partition coefficient (Wildman–Crippen LogP) is 3.61. The van der Waals surface area contributed by atoms with Crippen LogP contribution in [0.5, 0.6) is 11.5 Å². The monoisotopic (exact) mass is 511 g/mol. The first-order chi connectivity index (χ1) is 17.8. The van der Waals surface area contributed by atoms with Crippen LogP contribution in [0.3, 0.4) is 0 Å². The molecule has 3 aromatic carbocycles. The molecular formula is C29H37NO7. The number of carboxylic acids is 1. The van der Waals surface area contributed by atoms with Gasteiger partial charge in [0.25, 0.3) is 5.97 Å². The molecule has 0 saturated heterocycles. The van der Waals surface area contributed by atoms with E-state index < -0.39 is 12.1 Å². The molecule has 1 atom stereocenters. The van der Waals surface area contributed by atoms with E-state index in [1.165, 1.54) is 17.2 Å². The van der Waals surface area contributed by atoms with Crippen LogP contribution in [-0.2, 0) is 35.6 Å². The van der Waals surface area contributed by atoms with Gasteiger partial charge in [0.2, 0.25) is 0 Å². The Balaban J connectivity index is 0.00000112. The lowest BCUT2D eigenvalue weighted by Gasteiger charge is -2.14. The lowest BCUT2D eigenvalue weighted by Crippen LogP contribution is -2.23. The summed E-state index contributed by atoms with van der Waals surface area (Å²) in [5, 5.41) is 39.9. The number of methoxy groups -OCH3 is 1. The molecule has 0 fully saturated rings. The zero-order valence-corrected chi connectivity index (χ0v) is 21.4. The topological polar surface area (TPSA) is 128 Å². The second-order valence-electron chi connectivity index (χ2n) is 8.51. The molecule has 3 aromatic rings. The summed E-state index contributed by atoms with van der Waals surface area (Å²) >= 11 is 0. The molecule has 0 aliphatic rings. The highest BCUT2D eigenvalue weighted by atomic mass is 16.5. The van der Waals surface area contributed by atoms with E-state index in [0.717, 1.165) is 37.6 Å². The smallest absolute Gasteiger partial charge is 0.300 e. The number of aliphatic hydroxyl groups excluding tert-OH is 2. The Morgan fingerprint density at radius 3 is 2.35 bits per heavy atom. The first-order valence-electron chi connectivity index (χ1n) is 12.1. The average molecular weight is 512 g/mol. The molecule has 0 heterocycles. The molecule has 8 heteroatoms. The van der Waals surface area contributed by atoms with Gasteiger partial charge in [-0.25, -0.2) is 0 Å². The van der Waals surface area contributed by atoms with E-state index in [1.807, 2.05) is 24.3 Å². The van der Waals surface area contributed by atoms with Crippen molar-refractivity contribution in [2.75, 3.05) is 26.8 Å². The third kappa shape index (κ3) is 11.4. The summed E-state index contributed by atoms with van der Waals surface area (Å²) in [7, 11) is 1.67. The van der Waals surface area contributed by atoms with Crippen LogP contribution in [0.2, 0.25) is 0 Å². The molecule has 0 aliphatic heterocycles. The minimum Gasteiger partial charge on any atom is -0.508 e. The highest BCUT2D eigenvalue weighted by Crippen LogP contribution is 2.22. The number of benzene rings is 3. The second-order valence-corrected chi connectivity index (χ2v) is 8.51. The Kier molecular flexibility index (Phi) is 13.2. The maximum absolute atomic E-state index is 10.4. The summed E-state index contributed by atoms with van der Waals surface area (Å²) in [5.74, 6) is 0.0601. The summed E-state index contributed by atoms with van der Waals surface area (Å²) in [6, 6.07) is 21.2. The summed E-state index contributed by atoms with van der Waals surface area (Å²) in [6.07, 6.45) is 0.964. The van der Waals surface area contributed by atoms with Gasteiger partial charge in [-0.15, -0.1) is 0 Å². The van der Waals surface area contributed by atoms with Crippen molar-refractivity contribution in [3.8, 4) is 11.5 Å². The Morgan fingerprint density at radius 1 is 0.973 bits per heavy atom. The van der Waals surface area contributed by atoms with Crippen LogP contribution in [-0.4, -0.2) is 53.2 Å². The van der Waals surface area contributed by atoms with E-state index in [0.29, 0.717) is 30.9 Å². The Labute approximate surface area is 218 Å². The molecule has 200 valence electrons. The molecule has 0 spiro atoms. The average Bonchev–Trinajstić information content (AvgIpc) is 2.89. The maximum Gasteiger partial charge on any atom is 0.300 e. The van der Waals surface area contributed by atoms with Crippen LogP contribution in [0.25, 0.3) is 0 Å². The number of phenols is 1. The molecule has 0 aliphatic carbocycles. The zero-order chi connectivity index (χ0) is 27.0. The van der Waals surface area contributed by atoms with E-state index in [4.69, 9.17) is 19.4 Å². The Morgan fingerprint density at radius 2 is 1.65 bits per heavy atom. The van der Waals surface area contributed by atoms with Crippen molar-refractivity contribution in [2.45, 2.75) is 39.1 Å². The summed E-state index contributed by atoms with van der Waals surface area (Å²) < 4.78 is 11.1. The van der Waals surface area contributed by atoms with Gasteiger partial charge in [0, 0.05) is 19.0 Å². The molecule has 37 heavy (non-hydrogen) atoms. The van der Waals surface area contributed by atoms with Crippen molar-refractivity contribution in [1.29, 1.82) is 0 Å². The van der Waals surface area contributed by atoms with E-state index in [2.05, 4.69) is 29.6 Å². The lowest BCUT2D eigenvalue weighted by molar-refractivity contribution is -0.134. The summed E-state index contributed by atoms with van der Waals surface area (Å²) in [5.41, 5.74) is 4.61. The minimum atomic E-state index is -0.833. The number of hydrogen-bond donors (Lipinski definition) is 5. The van der Waals surface area contributed by atoms with E-state index in [9.17, 15) is 15.3 Å². The van der Waals surface area contributed by atoms with Crippen LogP contribution in [0.15, 0.2) is 66.7 Å². The van der Waals surface area contributed by atoms with Crippen LogP contribution in [0.1, 0.15) is 40.8 Å². The Bertz CT molecular complexity index is 1100. The standard InChI is InChI=1S/C27H33NO5.C2H4O2/c1-32-25-7-3-5-21(15-25)11-13-33-19-22-6-2-4-20(14-22)10-12-28-17-27(31)23-8-9-26(30)24(16-23)18-29;1-2(3)4/h2-9,14-16,27-31H,10-13,17-19H2,1H3;1H3,(H,3,4)/t27-;/m0./s1. The predicted molar refractivity (Wildman–Crippen MR) is 142 cm³/mol. The van der Waals surface area contributed by atoms with Crippen LogP contribution in [0, 0.1) is 0 Å². The van der Waals surface area contributed by atoms with Gasteiger partial charge in [-0.05, 0) is 65.9 Å². The first-order valence-corrected chi connectivity index (χ1v) is 12.1. The summed E-state index contributed by atoms with van der Waals surface area (Å²) in [4.78, 5) is 9.00. The van der Waals surface area contributed by atoms with Gasteiger partial charge in [-0.2, -0.15) is 0 Å². The number of hydrogen-bond acceptors (Lipinski definition) is 7. The fraction of sp³-hybridized carbons (Fsp3) is 0.345. The second kappa shape index (κ2) is 16.3. The summed E-state index contributed by atoms with van der Waals surface area (Å²) in [6.45, 7) is 3.15. The van der Waals surface area contributed by atoms with Crippen molar-refractivity contribution in [3.63, 3.8) is 0 Å². The molecule has 3 rings (SSSR count). The molecule has 0 radical (unpaired) electrons. The van der Waals surface area contributed by atoms with E-state index in [1.54, 1.807) is 19.2 Å². The minimum absolute atomic E-state index is 0.0329. The van der Waals surface area contributed by atoms with Crippen molar-refractivity contribution in [3.05, 3.63) is 94.5 Å². The number of carbonyl (C=O) groups is 1. The Hall–Kier alpha value is -3.43. The quantitative estimate of drug-likeness (QED) is 0.220. The van der Waals surface area contributed by atoms with Crippen LogP contribution >= 0.6 is 0 Å². The highest BCUT2D eigenvalue weighted by Gasteiger charge is 2.10. The molecule has 0 bridgehead atoms. The van der Waals surface area contributed by atoms with Crippen LogP contribution < -0.4 is 10.1 Å². The zero-order valence-electron chi connectivity index (χ0n) is 21.4. The number of aromatic hydroxyl groups is 1. The number of aliphatic hydroxyl groups is 2. The number of carboxylic acid groups (broad SMARTS) is 1. The number of aliphatic carboxylic acids is 1. The number of ether oxygens (including phenoxy) is 2. The van der Waals surface area contributed by atoms with Gasteiger partial charge < -0.3 is 35.2 Å². The lowest BCUT2D eigenvalue weighted by atomic mass is 10.0. The molecule has 0 aromatic heterocycles. The van der Waals surface area contributed by atoms with Gasteiger partial charge >= 0.3 is 0 Å². The van der Waals surface area contributed by atoms with Gasteiger partial charge in [-0.1, -0.05) is 42.5 Å². The van der Waals surface area contributed by atoms with Gasteiger partial charge in [0.15, 0.2) is 0 Å². The molecule has 0 saturated carbocycles. The van der Waals surface area contributed by atoms with Gasteiger partial charge in [-0.3, -0.25) is 4.79 Å². The van der Waals surface area contributed by atoms with Crippen molar-refractivity contribution >= 4 is 5.97 Å². The largest absolute Gasteiger partial charge is 0.508 e. The van der Waals surface area contributed by atoms with Crippen molar-refractivity contribution < 1.29 is 34.7 Å². The molecule has 0 unspecified atom stereocenters. The third-order valence-electron chi connectivity index (χ3n) is 5.52. The fourth-order valence-corrected chi connectivity index (χ4v) is 3.61. The highest BCUT2D eigenvalue weighted by molar-refractivity contribution is 5.62.